The molecule has 62 valence electrons. The lowest BCUT2D eigenvalue weighted by atomic mass is 9.83. The van der Waals surface area contributed by atoms with E-state index in [0.29, 0.717) is 17.7 Å². The van der Waals surface area contributed by atoms with Gasteiger partial charge in [-0.25, -0.2) is 0 Å². The second-order valence-electron chi connectivity index (χ2n) is 4.22. The Labute approximate surface area is 67.4 Å². The van der Waals surface area contributed by atoms with Gasteiger partial charge in [0.25, 0.3) is 0 Å². The summed E-state index contributed by atoms with van der Waals surface area (Å²) in [7, 11) is 0. The van der Waals surface area contributed by atoms with Crippen LogP contribution in [0.4, 0.5) is 0 Å². The highest BCUT2D eigenvalue weighted by Crippen LogP contribution is 2.56. The number of carbonyl (C=O) groups excluding carboxylic acids is 1. The van der Waals surface area contributed by atoms with E-state index in [1.54, 1.807) is 0 Å². The molecule has 0 radical (unpaired) electrons. The molecule has 1 heterocycles. The first-order valence-corrected chi connectivity index (χ1v) is 4.45. The standard InChI is InChI=1S/C9H15NO/c1-6(2)7-5-10-8(11)9(7)3-4-9/h6-7H,3-5H2,1-2H3,(H,10,11). The maximum Gasteiger partial charge on any atom is 0.226 e. The molecule has 1 N–H and O–H groups in total. The molecule has 1 aliphatic carbocycles. The third-order valence-electron chi connectivity index (χ3n) is 3.24. The smallest absolute Gasteiger partial charge is 0.226 e. The molecule has 1 atom stereocenters. The van der Waals surface area contributed by atoms with Crippen molar-refractivity contribution >= 4 is 5.91 Å². The van der Waals surface area contributed by atoms with Crippen molar-refractivity contribution < 1.29 is 4.79 Å². The molecule has 1 unspecified atom stereocenters. The van der Waals surface area contributed by atoms with Crippen LogP contribution in [0.15, 0.2) is 0 Å². The fraction of sp³-hybridized carbons (Fsp3) is 0.889. The van der Waals surface area contributed by atoms with E-state index in [4.69, 9.17) is 0 Å². The Hall–Kier alpha value is -0.530. The molecule has 0 aromatic rings. The summed E-state index contributed by atoms with van der Waals surface area (Å²) in [5, 5.41) is 2.96. The normalized spacial score (nSPS) is 33.0. The zero-order valence-corrected chi connectivity index (χ0v) is 7.18. The number of nitrogens with one attached hydrogen (secondary N) is 1. The van der Waals surface area contributed by atoms with Crippen LogP contribution in [-0.4, -0.2) is 12.5 Å². The molecule has 1 spiro atoms. The van der Waals surface area contributed by atoms with E-state index in [-0.39, 0.29) is 5.41 Å². The van der Waals surface area contributed by atoms with Crippen molar-refractivity contribution in [2.75, 3.05) is 6.54 Å². The minimum absolute atomic E-state index is 0.0914. The Morgan fingerprint density at radius 1 is 1.55 bits per heavy atom. The van der Waals surface area contributed by atoms with Crippen LogP contribution in [0.3, 0.4) is 0 Å². The molecule has 1 amide bonds. The summed E-state index contributed by atoms with van der Waals surface area (Å²) in [6.07, 6.45) is 2.25. The summed E-state index contributed by atoms with van der Waals surface area (Å²) in [6.45, 7) is 5.34. The van der Waals surface area contributed by atoms with Crippen LogP contribution in [0.2, 0.25) is 0 Å². The first kappa shape index (κ1) is 7.14. The van der Waals surface area contributed by atoms with E-state index in [9.17, 15) is 4.79 Å². The second kappa shape index (κ2) is 1.99. The molecule has 11 heavy (non-hydrogen) atoms. The lowest BCUT2D eigenvalue weighted by molar-refractivity contribution is -0.124. The predicted molar refractivity (Wildman–Crippen MR) is 43.0 cm³/mol. The summed E-state index contributed by atoms with van der Waals surface area (Å²) in [4.78, 5) is 11.4. The largest absolute Gasteiger partial charge is 0.355 e. The number of amides is 1. The summed E-state index contributed by atoms with van der Waals surface area (Å²) in [6, 6.07) is 0. The maximum absolute atomic E-state index is 11.4. The average Bonchev–Trinajstić information content (AvgIpc) is 2.61. The quantitative estimate of drug-likeness (QED) is 0.602. The number of hydrogen-bond acceptors (Lipinski definition) is 1. The maximum atomic E-state index is 11.4. The van der Waals surface area contributed by atoms with Gasteiger partial charge in [0.2, 0.25) is 5.91 Å². The summed E-state index contributed by atoms with van der Waals surface area (Å²) < 4.78 is 0. The number of rotatable bonds is 1. The molecule has 2 rings (SSSR count). The molecule has 2 nitrogen and oxygen atoms in total. The lowest BCUT2D eigenvalue weighted by Gasteiger charge is -2.18. The average molecular weight is 153 g/mol. The minimum atomic E-state index is 0.0914. The third kappa shape index (κ3) is 0.815. The van der Waals surface area contributed by atoms with E-state index < -0.39 is 0 Å². The van der Waals surface area contributed by atoms with Crippen molar-refractivity contribution in [1.29, 1.82) is 0 Å². The van der Waals surface area contributed by atoms with Crippen molar-refractivity contribution in [2.45, 2.75) is 26.7 Å². The topological polar surface area (TPSA) is 29.1 Å². The Kier molecular flexibility index (Phi) is 1.29. The number of carbonyl (C=O) groups is 1. The van der Waals surface area contributed by atoms with Gasteiger partial charge in [0.05, 0.1) is 5.41 Å². The zero-order valence-electron chi connectivity index (χ0n) is 7.18. The lowest BCUT2D eigenvalue weighted by Crippen LogP contribution is -2.22. The highest BCUT2D eigenvalue weighted by atomic mass is 16.2. The van der Waals surface area contributed by atoms with Gasteiger partial charge in [-0.3, -0.25) is 4.79 Å². The van der Waals surface area contributed by atoms with E-state index in [1.807, 2.05) is 0 Å². The number of hydrogen-bond donors (Lipinski definition) is 1. The Balaban J connectivity index is 2.19. The van der Waals surface area contributed by atoms with Crippen LogP contribution in [-0.2, 0) is 4.79 Å². The molecule has 1 saturated carbocycles. The van der Waals surface area contributed by atoms with Crippen molar-refractivity contribution in [3.05, 3.63) is 0 Å². The zero-order chi connectivity index (χ0) is 8.06. The van der Waals surface area contributed by atoms with Crippen molar-refractivity contribution in [2.24, 2.45) is 17.3 Å². The van der Waals surface area contributed by atoms with Gasteiger partial charge in [-0.15, -0.1) is 0 Å². The summed E-state index contributed by atoms with van der Waals surface area (Å²) >= 11 is 0. The molecule has 0 aromatic heterocycles. The fourth-order valence-electron chi connectivity index (χ4n) is 2.35. The van der Waals surface area contributed by atoms with Crippen LogP contribution >= 0.6 is 0 Å². The molecule has 1 aliphatic heterocycles. The minimum Gasteiger partial charge on any atom is -0.355 e. The monoisotopic (exact) mass is 153 g/mol. The van der Waals surface area contributed by atoms with Gasteiger partial charge in [0.15, 0.2) is 0 Å². The van der Waals surface area contributed by atoms with Gasteiger partial charge in [0, 0.05) is 6.54 Å². The van der Waals surface area contributed by atoms with Gasteiger partial charge < -0.3 is 5.32 Å². The Bertz CT molecular complexity index is 194. The van der Waals surface area contributed by atoms with Crippen molar-refractivity contribution in [3.63, 3.8) is 0 Å². The van der Waals surface area contributed by atoms with Crippen LogP contribution in [0.25, 0.3) is 0 Å². The van der Waals surface area contributed by atoms with Gasteiger partial charge in [-0.1, -0.05) is 13.8 Å². The van der Waals surface area contributed by atoms with Crippen molar-refractivity contribution in [1.82, 2.24) is 5.32 Å². The van der Waals surface area contributed by atoms with Gasteiger partial charge in [0.1, 0.15) is 0 Å². The summed E-state index contributed by atoms with van der Waals surface area (Å²) in [5.41, 5.74) is 0.0914. The predicted octanol–water partition coefficient (Wildman–Crippen LogP) is 1.17. The third-order valence-corrected chi connectivity index (χ3v) is 3.24. The second-order valence-corrected chi connectivity index (χ2v) is 4.22. The molecular formula is C9H15NO. The van der Waals surface area contributed by atoms with E-state index in [0.717, 1.165) is 19.4 Å². The molecule has 1 saturated heterocycles. The highest BCUT2D eigenvalue weighted by molar-refractivity contribution is 5.87. The van der Waals surface area contributed by atoms with Crippen LogP contribution in [0, 0.1) is 17.3 Å². The fourth-order valence-corrected chi connectivity index (χ4v) is 2.35. The van der Waals surface area contributed by atoms with Crippen molar-refractivity contribution in [3.8, 4) is 0 Å². The molecule has 0 aromatic carbocycles. The first-order valence-electron chi connectivity index (χ1n) is 4.45. The van der Waals surface area contributed by atoms with Crippen LogP contribution < -0.4 is 5.32 Å². The molecule has 0 bridgehead atoms. The Morgan fingerprint density at radius 3 is 2.55 bits per heavy atom. The van der Waals surface area contributed by atoms with Gasteiger partial charge in [-0.05, 0) is 24.7 Å². The highest BCUT2D eigenvalue weighted by Gasteiger charge is 2.59. The Morgan fingerprint density at radius 2 is 2.18 bits per heavy atom. The van der Waals surface area contributed by atoms with E-state index in [2.05, 4.69) is 19.2 Å². The molecule has 2 fully saturated rings. The van der Waals surface area contributed by atoms with Crippen LogP contribution in [0.1, 0.15) is 26.7 Å². The van der Waals surface area contributed by atoms with Gasteiger partial charge >= 0.3 is 0 Å². The van der Waals surface area contributed by atoms with Gasteiger partial charge in [-0.2, -0.15) is 0 Å². The SMILES string of the molecule is CC(C)C1CNC(=O)C12CC2. The molecule has 2 heteroatoms. The molecular weight excluding hydrogens is 138 g/mol. The van der Waals surface area contributed by atoms with Crippen LogP contribution in [0.5, 0.6) is 0 Å². The van der Waals surface area contributed by atoms with E-state index in [1.165, 1.54) is 0 Å². The summed E-state index contributed by atoms with van der Waals surface area (Å²) in [5.74, 6) is 1.57. The first-order chi connectivity index (χ1) is 5.17. The molecule has 2 aliphatic rings. The van der Waals surface area contributed by atoms with E-state index >= 15 is 0 Å².